The van der Waals surface area contributed by atoms with Crippen molar-refractivity contribution in [1.82, 2.24) is 5.32 Å². The van der Waals surface area contributed by atoms with E-state index < -0.39 is 24.1 Å². The number of unbranched alkanes of at least 4 members (excludes halogenated alkanes) is 1. The molecule has 5 nitrogen and oxygen atoms in total. The molecule has 0 bridgehead atoms. The van der Waals surface area contributed by atoms with E-state index in [1.165, 1.54) is 6.08 Å². The van der Waals surface area contributed by atoms with Crippen LogP contribution in [0.5, 0.6) is 0 Å². The van der Waals surface area contributed by atoms with Crippen molar-refractivity contribution in [1.29, 1.82) is 0 Å². The molecule has 8 heteroatoms. The zero-order valence-corrected chi connectivity index (χ0v) is 15.1. The average molecular weight is 387 g/mol. The Hall–Kier alpha value is -2.35. The lowest BCUT2D eigenvalue weighted by Gasteiger charge is -2.16. The monoisotopic (exact) mass is 387 g/mol. The fourth-order valence-electron chi connectivity index (χ4n) is 2.18. The SMILES string of the molecule is CCOC(=O)/C=C/[C@@H](CCCCOCc1ccccc1)NC(=O)C(F)(F)F. The van der Waals surface area contributed by atoms with E-state index in [2.05, 4.69) is 4.74 Å². The highest BCUT2D eigenvalue weighted by atomic mass is 19.4. The number of benzene rings is 1. The first-order valence-corrected chi connectivity index (χ1v) is 8.67. The van der Waals surface area contributed by atoms with Gasteiger partial charge in [0.15, 0.2) is 0 Å². The molecule has 1 aromatic carbocycles. The molecule has 27 heavy (non-hydrogen) atoms. The molecule has 0 heterocycles. The molecule has 0 saturated heterocycles. The minimum Gasteiger partial charge on any atom is -0.463 e. The smallest absolute Gasteiger partial charge is 0.463 e. The second kappa shape index (κ2) is 12.1. The van der Waals surface area contributed by atoms with Gasteiger partial charge in [-0.05, 0) is 31.7 Å². The Morgan fingerprint density at radius 1 is 1.19 bits per heavy atom. The Kier molecular flexibility index (Phi) is 10.2. The highest BCUT2D eigenvalue weighted by Crippen LogP contribution is 2.15. The molecular weight excluding hydrogens is 363 g/mol. The van der Waals surface area contributed by atoms with E-state index in [-0.39, 0.29) is 13.0 Å². The summed E-state index contributed by atoms with van der Waals surface area (Å²) in [5, 5.41) is 1.87. The van der Waals surface area contributed by atoms with Crippen molar-refractivity contribution >= 4 is 11.9 Å². The van der Waals surface area contributed by atoms with Crippen molar-refractivity contribution in [3.05, 3.63) is 48.0 Å². The summed E-state index contributed by atoms with van der Waals surface area (Å²) in [5.41, 5.74) is 1.03. The van der Waals surface area contributed by atoms with Crippen molar-refractivity contribution in [2.45, 2.75) is 45.0 Å². The predicted octanol–water partition coefficient (Wildman–Crippen LogP) is 3.54. The molecule has 1 atom stereocenters. The van der Waals surface area contributed by atoms with Crippen LogP contribution in [0.1, 0.15) is 31.7 Å². The second-order valence-electron chi connectivity index (χ2n) is 5.72. The first kappa shape index (κ1) is 22.7. The van der Waals surface area contributed by atoms with Gasteiger partial charge < -0.3 is 14.8 Å². The van der Waals surface area contributed by atoms with E-state index in [0.717, 1.165) is 11.6 Å². The summed E-state index contributed by atoms with van der Waals surface area (Å²) in [6, 6.07) is 8.66. The number of halogens is 3. The van der Waals surface area contributed by atoms with Crippen LogP contribution in [0.25, 0.3) is 0 Å². The zero-order chi connectivity index (χ0) is 20.1. The number of ether oxygens (including phenoxy) is 2. The van der Waals surface area contributed by atoms with Gasteiger partial charge in [-0.3, -0.25) is 4.79 Å². The molecule has 1 aromatic rings. The van der Waals surface area contributed by atoms with Gasteiger partial charge in [0.25, 0.3) is 0 Å². The fraction of sp³-hybridized carbons (Fsp3) is 0.474. The maximum Gasteiger partial charge on any atom is 0.471 e. The zero-order valence-electron chi connectivity index (χ0n) is 15.1. The number of rotatable bonds is 11. The summed E-state index contributed by atoms with van der Waals surface area (Å²) in [7, 11) is 0. The minimum absolute atomic E-state index is 0.154. The average Bonchev–Trinajstić information content (AvgIpc) is 2.62. The quantitative estimate of drug-likeness (QED) is 0.358. The summed E-state index contributed by atoms with van der Waals surface area (Å²) in [6.07, 6.45) is -1.37. The van der Waals surface area contributed by atoms with E-state index in [4.69, 9.17) is 4.74 Å². The van der Waals surface area contributed by atoms with Gasteiger partial charge in [0.2, 0.25) is 0 Å². The number of alkyl halides is 3. The molecule has 0 aliphatic carbocycles. The Morgan fingerprint density at radius 3 is 2.52 bits per heavy atom. The first-order valence-electron chi connectivity index (χ1n) is 8.67. The van der Waals surface area contributed by atoms with Crippen LogP contribution < -0.4 is 5.32 Å². The Bertz CT molecular complexity index is 603. The number of carbonyl (C=O) groups is 2. The number of hydrogen-bond acceptors (Lipinski definition) is 4. The topological polar surface area (TPSA) is 64.6 Å². The van der Waals surface area contributed by atoms with Gasteiger partial charge in [-0.2, -0.15) is 13.2 Å². The second-order valence-corrected chi connectivity index (χ2v) is 5.72. The Labute approximate surface area is 156 Å². The molecule has 1 N–H and O–H groups in total. The van der Waals surface area contributed by atoms with Gasteiger partial charge in [-0.15, -0.1) is 0 Å². The third-order valence-corrected chi connectivity index (χ3v) is 3.49. The molecule has 0 aromatic heterocycles. The van der Waals surface area contributed by atoms with Crippen LogP contribution in [0.15, 0.2) is 42.5 Å². The molecule has 1 rings (SSSR count). The van der Waals surface area contributed by atoms with Crippen LogP contribution in [-0.2, 0) is 25.7 Å². The predicted molar refractivity (Wildman–Crippen MR) is 93.7 cm³/mol. The molecule has 0 fully saturated rings. The highest BCUT2D eigenvalue weighted by molar-refractivity contribution is 5.83. The van der Waals surface area contributed by atoms with Crippen molar-refractivity contribution < 1.29 is 32.2 Å². The van der Waals surface area contributed by atoms with Gasteiger partial charge in [0, 0.05) is 18.7 Å². The molecule has 150 valence electrons. The summed E-state index contributed by atoms with van der Waals surface area (Å²) < 4.78 is 47.5. The van der Waals surface area contributed by atoms with Crippen molar-refractivity contribution in [2.24, 2.45) is 0 Å². The minimum atomic E-state index is -4.98. The molecule has 0 radical (unpaired) electrons. The number of hydrogen-bond donors (Lipinski definition) is 1. The number of esters is 1. The Morgan fingerprint density at radius 2 is 1.89 bits per heavy atom. The van der Waals surface area contributed by atoms with Crippen LogP contribution in [0, 0.1) is 0 Å². The van der Waals surface area contributed by atoms with Crippen LogP contribution in [0.2, 0.25) is 0 Å². The summed E-state index contributed by atoms with van der Waals surface area (Å²) in [6.45, 7) is 2.67. The van der Waals surface area contributed by atoms with Crippen molar-refractivity contribution in [2.75, 3.05) is 13.2 Å². The third kappa shape index (κ3) is 10.4. The Balaban J connectivity index is 2.40. The largest absolute Gasteiger partial charge is 0.471 e. The van der Waals surface area contributed by atoms with Crippen LogP contribution >= 0.6 is 0 Å². The fourth-order valence-corrected chi connectivity index (χ4v) is 2.18. The van der Waals surface area contributed by atoms with Gasteiger partial charge in [0.05, 0.1) is 13.2 Å². The number of amides is 1. The molecule has 0 aliphatic heterocycles. The van der Waals surface area contributed by atoms with Gasteiger partial charge in [-0.25, -0.2) is 4.79 Å². The van der Waals surface area contributed by atoms with E-state index >= 15 is 0 Å². The van der Waals surface area contributed by atoms with Crippen molar-refractivity contribution in [3.63, 3.8) is 0 Å². The van der Waals surface area contributed by atoms with Gasteiger partial charge >= 0.3 is 18.1 Å². The van der Waals surface area contributed by atoms with Crippen molar-refractivity contribution in [3.8, 4) is 0 Å². The van der Waals surface area contributed by atoms with E-state index in [9.17, 15) is 22.8 Å². The first-order chi connectivity index (χ1) is 12.8. The summed E-state index contributed by atoms with van der Waals surface area (Å²) in [5.74, 6) is -2.71. The maximum absolute atomic E-state index is 12.4. The van der Waals surface area contributed by atoms with Crippen LogP contribution in [0.4, 0.5) is 13.2 Å². The molecule has 0 unspecified atom stereocenters. The normalized spacial score (nSPS) is 12.7. The highest BCUT2D eigenvalue weighted by Gasteiger charge is 2.39. The van der Waals surface area contributed by atoms with Gasteiger partial charge in [0.1, 0.15) is 0 Å². The maximum atomic E-state index is 12.4. The van der Waals surface area contributed by atoms with Gasteiger partial charge in [-0.1, -0.05) is 36.4 Å². The van der Waals surface area contributed by atoms with E-state index in [0.29, 0.717) is 26.1 Å². The molecule has 1 amide bonds. The van der Waals surface area contributed by atoms with Crippen LogP contribution in [0.3, 0.4) is 0 Å². The molecular formula is C19H24F3NO4. The lowest BCUT2D eigenvalue weighted by molar-refractivity contribution is -0.174. The van der Waals surface area contributed by atoms with E-state index in [1.807, 2.05) is 35.6 Å². The number of nitrogens with one attached hydrogen (secondary N) is 1. The lowest BCUT2D eigenvalue weighted by Crippen LogP contribution is -2.42. The molecule has 0 aliphatic rings. The lowest BCUT2D eigenvalue weighted by atomic mass is 10.1. The van der Waals surface area contributed by atoms with E-state index in [1.54, 1.807) is 6.92 Å². The molecule has 0 saturated carbocycles. The summed E-state index contributed by atoms with van der Waals surface area (Å²) in [4.78, 5) is 22.4. The number of carbonyl (C=O) groups excluding carboxylic acids is 2. The summed E-state index contributed by atoms with van der Waals surface area (Å²) >= 11 is 0. The standard InChI is InChI=1S/C19H24F3NO4/c1-2-27-17(24)12-11-16(23-18(25)19(20,21)22)10-6-7-13-26-14-15-8-4-3-5-9-15/h3-5,8-9,11-12,16H,2,6-7,10,13-14H2,1H3,(H,23,25)/b12-11+/t16-/m1/s1. The third-order valence-electron chi connectivity index (χ3n) is 3.49. The van der Waals surface area contributed by atoms with Crippen LogP contribution in [-0.4, -0.2) is 37.3 Å². The molecule has 0 spiro atoms.